The van der Waals surface area contributed by atoms with E-state index in [-0.39, 0.29) is 28.8 Å². The molecule has 0 unspecified atom stereocenters. The van der Waals surface area contributed by atoms with Crippen molar-refractivity contribution in [3.63, 3.8) is 0 Å². The summed E-state index contributed by atoms with van der Waals surface area (Å²) in [7, 11) is 2.75. The number of hydrogen-bond acceptors (Lipinski definition) is 6. The fourth-order valence-corrected chi connectivity index (χ4v) is 1.84. The van der Waals surface area contributed by atoms with Crippen LogP contribution in [-0.2, 0) is 4.79 Å². The minimum Gasteiger partial charge on any atom is -0.481 e. The van der Waals surface area contributed by atoms with Gasteiger partial charge in [-0.1, -0.05) is 0 Å². The van der Waals surface area contributed by atoms with E-state index in [9.17, 15) is 14.0 Å². The average molecular weight is 319 g/mol. The Labute approximate surface area is 131 Å². The van der Waals surface area contributed by atoms with Gasteiger partial charge in [-0.05, 0) is 18.2 Å². The molecule has 2 aromatic rings. The predicted octanol–water partition coefficient (Wildman–Crippen LogP) is 1.82. The Hall–Kier alpha value is -3.03. The third-order valence-electron chi connectivity index (χ3n) is 2.84. The maximum absolute atomic E-state index is 13.5. The van der Waals surface area contributed by atoms with E-state index in [2.05, 4.69) is 15.3 Å². The lowest BCUT2D eigenvalue weighted by Gasteiger charge is -2.10. The Bertz CT molecular complexity index is 742. The van der Waals surface area contributed by atoms with E-state index < -0.39 is 17.5 Å². The molecule has 2 rings (SSSR count). The number of carbonyl (C=O) groups excluding carboxylic acids is 2. The van der Waals surface area contributed by atoms with Crippen molar-refractivity contribution < 1.29 is 23.5 Å². The summed E-state index contributed by atoms with van der Waals surface area (Å²) < 4.78 is 23.4. The third-order valence-corrected chi connectivity index (χ3v) is 2.84. The van der Waals surface area contributed by atoms with Gasteiger partial charge in [-0.3, -0.25) is 9.59 Å². The van der Waals surface area contributed by atoms with Crippen molar-refractivity contribution in [2.75, 3.05) is 19.5 Å². The average Bonchev–Trinajstić information content (AvgIpc) is 2.54. The first-order valence-corrected chi connectivity index (χ1v) is 6.53. The number of ether oxygens (including phenoxy) is 2. The first-order chi connectivity index (χ1) is 10.9. The van der Waals surface area contributed by atoms with Gasteiger partial charge in [0, 0.05) is 6.92 Å². The molecule has 0 aliphatic carbocycles. The zero-order valence-corrected chi connectivity index (χ0v) is 12.7. The Balaban J connectivity index is 2.52. The predicted molar refractivity (Wildman–Crippen MR) is 79.3 cm³/mol. The number of halogens is 1. The summed E-state index contributed by atoms with van der Waals surface area (Å²) in [6.45, 7) is 1.28. The number of methoxy groups -OCH3 is 2. The summed E-state index contributed by atoms with van der Waals surface area (Å²) in [4.78, 5) is 31.7. The number of nitrogens with one attached hydrogen (secondary N) is 1. The van der Waals surface area contributed by atoms with Gasteiger partial charge in [0.05, 0.1) is 31.5 Å². The van der Waals surface area contributed by atoms with Gasteiger partial charge >= 0.3 is 0 Å². The molecule has 0 saturated heterocycles. The molecule has 120 valence electrons. The van der Waals surface area contributed by atoms with Gasteiger partial charge in [0.25, 0.3) is 0 Å². The van der Waals surface area contributed by atoms with Gasteiger partial charge in [0.1, 0.15) is 5.82 Å². The lowest BCUT2D eigenvalue weighted by Crippen LogP contribution is -2.14. The summed E-state index contributed by atoms with van der Waals surface area (Å²) in [6.07, 6.45) is 0. The summed E-state index contributed by atoms with van der Waals surface area (Å²) in [5.41, 5.74) is 0.0878. The third kappa shape index (κ3) is 3.79. The second-order valence-corrected chi connectivity index (χ2v) is 4.48. The molecule has 1 aromatic carbocycles. The van der Waals surface area contributed by atoms with E-state index in [4.69, 9.17) is 9.47 Å². The number of rotatable bonds is 5. The number of carbonyl (C=O) groups is 2. The minimum absolute atomic E-state index is 0.0736. The molecule has 0 aliphatic heterocycles. The zero-order valence-electron chi connectivity index (χ0n) is 12.7. The maximum atomic E-state index is 13.5. The van der Waals surface area contributed by atoms with Crippen LogP contribution in [0.4, 0.5) is 10.1 Å². The van der Waals surface area contributed by atoms with Crippen LogP contribution in [0, 0.1) is 5.82 Å². The van der Waals surface area contributed by atoms with Gasteiger partial charge in [-0.2, -0.15) is 9.97 Å². The molecule has 1 heterocycles. The van der Waals surface area contributed by atoms with Crippen LogP contribution in [0.3, 0.4) is 0 Å². The number of hydrogen-bond donors (Lipinski definition) is 1. The van der Waals surface area contributed by atoms with Crippen molar-refractivity contribution in [2.24, 2.45) is 0 Å². The Morgan fingerprint density at radius 1 is 1.09 bits per heavy atom. The number of aromatic nitrogens is 2. The molecule has 0 radical (unpaired) electrons. The fourth-order valence-electron chi connectivity index (χ4n) is 1.84. The highest BCUT2D eigenvalue weighted by molar-refractivity contribution is 6.11. The second-order valence-electron chi connectivity index (χ2n) is 4.48. The quantitative estimate of drug-likeness (QED) is 0.846. The van der Waals surface area contributed by atoms with Crippen molar-refractivity contribution in [3.05, 3.63) is 41.5 Å². The molecule has 7 nitrogen and oxygen atoms in total. The number of amides is 1. The van der Waals surface area contributed by atoms with Crippen LogP contribution in [0.5, 0.6) is 11.8 Å². The molecule has 1 amide bonds. The molecule has 0 bridgehead atoms. The number of benzene rings is 1. The lowest BCUT2D eigenvalue weighted by atomic mass is 10.1. The van der Waals surface area contributed by atoms with E-state index in [1.54, 1.807) is 0 Å². The van der Waals surface area contributed by atoms with E-state index >= 15 is 0 Å². The molecule has 1 N–H and O–H groups in total. The summed E-state index contributed by atoms with van der Waals surface area (Å²) in [6, 6.07) is 4.83. The first kappa shape index (κ1) is 16.3. The van der Waals surface area contributed by atoms with Gasteiger partial charge in [-0.15, -0.1) is 0 Å². The Morgan fingerprint density at radius 3 is 2.22 bits per heavy atom. The molecule has 0 atom stereocenters. The minimum atomic E-state index is -0.676. The zero-order chi connectivity index (χ0) is 17.0. The summed E-state index contributed by atoms with van der Waals surface area (Å²) >= 11 is 0. The van der Waals surface area contributed by atoms with E-state index in [0.29, 0.717) is 0 Å². The number of nitrogens with zero attached hydrogens (tertiary/aromatic N) is 2. The molecule has 1 aromatic heterocycles. The molecular formula is C15H14FN3O4. The monoisotopic (exact) mass is 319 g/mol. The molecule has 0 spiro atoms. The molecule has 23 heavy (non-hydrogen) atoms. The molecule has 8 heteroatoms. The van der Waals surface area contributed by atoms with Crippen LogP contribution in [-0.4, -0.2) is 35.9 Å². The van der Waals surface area contributed by atoms with Crippen LogP contribution in [0.25, 0.3) is 0 Å². The highest BCUT2D eigenvalue weighted by Crippen LogP contribution is 2.22. The number of ketones is 1. The van der Waals surface area contributed by atoms with Crippen LogP contribution in [0.15, 0.2) is 24.3 Å². The molecule has 0 aliphatic rings. The van der Waals surface area contributed by atoms with Crippen molar-refractivity contribution in [3.8, 4) is 11.8 Å². The van der Waals surface area contributed by atoms with Crippen LogP contribution in [0.1, 0.15) is 23.1 Å². The highest BCUT2D eigenvalue weighted by atomic mass is 19.1. The fraction of sp³-hybridized carbons (Fsp3) is 0.200. The summed E-state index contributed by atoms with van der Waals surface area (Å²) in [5.74, 6) is -1.69. The molecule has 0 fully saturated rings. The first-order valence-electron chi connectivity index (χ1n) is 6.53. The van der Waals surface area contributed by atoms with Gasteiger partial charge in [0.15, 0.2) is 0 Å². The topological polar surface area (TPSA) is 90.4 Å². The van der Waals surface area contributed by atoms with Crippen molar-refractivity contribution in [1.29, 1.82) is 0 Å². The highest BCUT2D eigenvalue weighted by Gasteiger charge is 2.20. The molecule has 0 saturated carbocycles. The van der Waals surface area contributed by atoms with Crippen molar-refractivity contribution in [2.45, 2.75) is 6.92 Å². The van der Waals surface area contributed by atoms with E-state index in [0.717, 1.165) is 12.1 Å². The van der Waals surface area contributed by atoms with Gasteiger partial charge < -0.3 is 14.8 Å². The largest absolute Gasteiger partial charge is 0.481 e. The lowest BCUT2D eigenvalue weighted by molar-refractivity contribution is -0.114. The standard InChI is InChI=1S/C15H14FN3O4/c1-8(20)17-11-5-4-9(16)6-10(11)14(21)15-18-12(22-2)7-13(19-15)23-3/h4-7H,1-3H3,(H,17,20). The van der Waals surface area contributed by atoms with E-state index in [1.807, 2.05) is 0 Å². The van der Waals surface area contributed by atoms with Gasteiger partial charge in [-0.25, -0.2) is 4.39 Å². The van der Waals surface area contributed by atoms with Crippen molar-refractivity contribution >= 4 is 17.4 Å². The van der Waals surface area contributed by atoms with Crippen LogP contribution < -0.4 is 14.8 Å². The molecular weight excluding hydrogens is 305 g/mol. The SMILES string of the molecule is COc1cc(OC)nc(C(=O)c2cc(F)ccc2NC(C)=O)n1. The van der Waals surface area contributed by atoms with Gasteiger partial charge in [0.2, 0.25) is 29.3 Å². The Kier molecular flexibility index (Phi) is 4.85. The van der Waals surface area contributed by atoms with E-state index in [1.165, 1.54) is 33.3 Å². The van der Waals surface area contributed by atoms with Crippen LogP contribution >= 0.6 is 0 Å². The van der Waals surface area contributed by atoms with Crippen molar-refractivity contribution in [1.82, 2.24) is 9.97 Å². The van der Waals surface area contributed by atoms with Crippen LogP contribution in [0.2, 0.25) is 0 Å². The second kappa shape index (κ2) is 6.82. The number of anilines is 1. The summed E-state index contributed by atoms with van der Waals surface area (Å²) in [5, 5.41) is 2.46. The maximum Gasteiger partial charge on any atom is 0.232 e. The smallest absolute Gasteiger partial charge is 0.232 e. The Morgan fingerprint density at radius 2 is 1.70 bits per heavy atom. The normalized spacial score (nSPS) is 10.1.